The molecule has 0 aromatic carbocycles. The number of carbonyl (C=O) groups is 2. The molecule has 3 N–H and O–H groups in total. The number of nitrogens with one attached hydrogen (secondary N) is 2. The molecule has 0 saturated carbocycles. The summed E-state index contributed by atoms with van der Waals surface area (Å²) < 4.78 is 0. The molecule has 0 spiro atoms. The largest absolute Gasteiger partial charge is 0.481 e. The molecule has 0 radical (unpaired) electrons. The molecule has 2 amide bonds. The van der Waals surface area contributed by atoms with Crippen molar-refractivity contribution in [3.8, 4) is 0 Å². The molecule has 0 unspecified atom stereocenters. The number of carboxylic acid groups (broad SMARTS) is 1. The Labute approximate surface area is 122 Å². The zero-order chi connectivity index (χ0) is 14.8. The van der Waals surface area contributed by atoms with Crippen molar-refractivity contribution in [3.63, 3.8) is 0 Å². The molecular formula is C13H21N3O3S. The van der Waals surface area contributed by atoms with Crippen molar-refractivity contribution in [3.05, 3.63) is 16.1 Å². The summed E-state index contributed by atoms with van der Waals surface area (Å²) in [5, 5.41) is 16.8. The number of amides is 2. The fourth-order valence-corrected chi connectivity index (χ4v) is 2.37. The minimum absolute atomic E-state index is 0.191. The summed E-state index contributed by atoms with van der Waals surface area (Å²) in [6.07, 6.45) is 3.60. The molecule has 1 heterocycles. The van der Waals surface area contributed by atoms with Gasteiger partial charge in [-0.1, -0.05) is 12.8 Å². The van der Waals surface area contributed by atoms with Gasteiger partial charge in [-0.25, -0.2) is 9.78 Å². The van der Waals surface area contributed by atoms with Gasteiger partial charge in [-0.3, -0.25) is 4.79 Å². The van der Waals surface area contributed by atoms with Crippen LogP contribution < -0.4 is 10.6 Å². The van der Waals surface area contributed by atoms with Crippen LogP contribution in [-0.2, 0) is 11.3 Å². The monoisotopic (exact) mass is 299 g/mol. The first-order chi connectivity index (χ1) is 9.58. The van der Waals surface area contributed by atoms with E-state index in [1.54, 1.807) is 0 Å². The van der Waals surface area contributed by atoms with Crippen molar-refractivity contribution in [2.24, 2.45) is 0 Å². The van der Waals surface area contributed by atoms with Gasteiger partial charge in [0.25, 0.3) is 0 Å². The molecule has 0 aliphatic heterocycles. The van der Waals surface area contributed by atoms with Crippen LogP contribution in [0.4, 0.5) is 4.79 Å². The zero-order valence-corrected chi connectivity index (χ0v) is 12.5. The van der Waals surface area contributed by atoms with Gasteiger partial charge in [-0.15, -0.1) is 11.3 Å². The van der Waals surface area contributed by atoms with Crippen molar-refractivity contribution < 1.29 is 14.7 Å². The highest BCUT2D eigenvalue weighted by Gasteiger charge is 2.02. The van der Waals surface area contributed by atoms with E-state index >= 15 is 0 Å². The van der Waals surface area contributed by atoms with Gasteiger partial charge in [-0.2, -0.15) is 0 Å². The number of nitrogens with zero attached hydrogens (tertiary/aromatic N) is 1. The van der Waals surface area contributed by atoms with Crippen LogP contribution in [0.25, 0.3) is 0 Å². The Kier molecular flexibility index (Phi) is 7.64. The molecule has 1 rings (SSSR count). The van der Waals surface area contributed by atoms with Gasteiger partial charge >= 0.3 is 12.0 Å². The van der Waals surface area contributed by atoms with Crippen LogP contribution in [-0.4, -0.2) is 28.6 Å². The lowest BCUT2D eigenvalue weighted by Gasteiger charge is -2.06. The van der Waals surface area contributed by atoms with E-state index in [0.717, 1.165) is 30.0 Å². The van der Waals surface area contributed by atoms with Gasteiger partial charge in [0.2, 0.25) is 0 Å². The van der Waals surface area contributed by atoms with Crippen LogP contribution in [0.3, 0.4) is 0 Å². The number of carboxylic acids is 1. The van der Waals surface area contributed by atoms with E-state index in [4.69, 9.17) is 5.11 Å². The van der Waals surface area contributed by atoms with Crippen LogP contribution in [0.5, 0.6) is 0 Å². The maximum Gasteiger partial charge on any atom is 0.315 e. The molecule has 0 aliphatic rings. The predicted molar refractivity (Wildman–Crippen MR) is 77.8 cm³/mol. The van der Waals surface area contributed by atoms with E-state index in [1.807, 2.05) is 12.3 Å². The summed E-state index contributed by atoms with van der Waals surface area (Å²) in [6, 6.07) is -0.191. The minimum Gasteiger partial charge on any atom is -0.481 e. The fourth-order valence-electron chi connectivity index (χ4n) is 1.66. The summed E-state index contributed by atoms with van der Waals surface area (Å²) in [6.45, 7) is 2.98. The van der Waals surface area contributed by atoms with Crippen LogP contribution in [0, 0.1) is 6.92 Å². The number of unbranched alkanes of at least 4 members (excludes halogenated alkanes) is 3. The quantitative estimate of drug-likeness (QED) is 0.610. The average Bonchev–Trinajstić information content (AvgIpc) is 2.81. The highest BCUT2D eigenvalue weighted by molar-refractivity contribution is 7.09. The number of aliphatic carboxylic acids is 1. The fraction of sp³-hybridized carbons (Fsp3) is 0.615. The van der Waals surface area contributed by atoms with Crippen molar-refractivity contribution in [1.82, 2.24) is 15.6 Å². The summed E-state index contributed by atoms with van der Waals surface area (Å²) in [5.41, 5.74) is 0.966. The summed E-state index contributed by atoms with van der Waals surface area (Å²) in [5.74, 6) is -0.750. The van der Waals surface area contributed by atoms with Crippen molar-refractivity contribution >= 4 is 23.3 Å². The summed E-state index contributed by atoms with van der Waals surface area (Å²) in [7, 11) is 0. The second kappa shape index (κ2) is 9.30. The average molecular weight is 299 g/mol. The number of rotatable bonds is 9. The molecule has 0 saturated heterocycles. The Hall–Kier alpha value is -1.63. The molecule has 0 fully saturated rings. The van der Waals surface area contributed by atoms with Crippen LogP contribution in [0.1, 0.15) is 42.8 Å². The van der Waals surface area contributed by atoms with Gasteiger partial charge in [0.15, 0.2) is 0 Å². The Morgan fingerprint density at radius 2 is 2.00 bits per heavy atom. The van der Waals surface area contributed by atoms with Crippen molar-refractivity contribution in [2.45, 2.75) is 45.6 Å². The topological polar surface area (TPSA) is 91.3 Å². The highest BCUT2D eigenvalue weighted by atomic mass is 32.1. The molecule has 20 heavy (non-hydrogen) atoms. The first-order valence-corrected chi connectivity index (χ1v) is 7.60. The second-order valence-corrected chi connectivity index (χ2v) is 5.49. The predicted octanol–water partition coefficient (Wildman–Crippen LogP) is 2.29. The second-order valence-electron chi connectivity index (χ2n) is 4.55. The van der Waals surface area contributed by atoms with Gasteiger partial charge in [0.05, 0.1) is 6.54 Å². The number of aryl methyl sites for hydroxylation is 1. The van der Waals surface area contributed by atoms with Crippen LogP contribution >= 0.6 is 11.3 Å². The molecule has 1 aromatic heterocycles. The third-order valence-electron chi connectivity index (χ3n) is 2.67. The Bertz CT molecular complexity index is 434. The molecule has 6 nitrogen and oxygen atoms in total. The Morgan fingerprint density at radius 1 is 1.25 bits per heavy atom. The normalized spacial score (nSPS) is 10.2. The van der Waals surface area contributed by atoms with Crippen LogP contribution in [0.15, 0.2) is 5.38 Å². The third-order valence-corrected chi connectivity index (χ3v) is 3.64. The van der Waals surface area contributed by atoms with Crippen molar-refractivity contribution in [1.29, 1.82) is 0 Å². The lowest BCUT2D eigenvalue weighted by molar-refractivity contribution is -0.137. The number of hydrogen-bond donors (Lipinski definition) is 3. The SMILES string of the molecule is Cc1csc(CNC(=O)NCCCCCCC(=O)O)n1. The van der Waals surface area contributed by atoms with E-state index in [0.29, 0.717) is 19.5 Å². The van der Waals surface area contributed by atoms with E-state index in [1.165, 1.54) is 11.3 Å². The third kappa shape index (κ3) is 7.73. The summed E-state index contributed by atoms with van der Waals surface area (Å²) >= 11 is 1.53. The van der Waals surface area contributed by atoms with Crippen molar-refractivity contribution in [2.75, 3.05) is 6.54 Å². The molecule has 1 aromatic rings. The number of carbonyl (C=O) groups excluding carboxylic acids is 1. The van der Waals surface area contributed by atoms with Gasteiger partial charge in [0.1, 0.15) is 5.01 Å². The first-order valence-electron chi connectivity index (χ1n) is 6.72. The van der Waals surface area contributed by atoms with Gasteiger partial charge < -0.3 is 15.7 Å². The highest BCUT2D eigenvalue weighted by Crippen LogP contribution is 2.07. The zero-order valence-electron chi connectivity index (χ0n) is 11.6. The van der Waals surface area contributed by atoms with Gasteiger partial charge in [0, 0.05) is 24.0 Å². The van der Waals surface area contributed by atoms with Crippen LogP contribution in [0.2, 0.25) is 0 Å². The molecule has 0 aliphatic carbocycles. The smallest absolute Gasteiger partial charge is 0.315 e. The number of urea groups is 1. The van der Waals surface area contributed by atoms with E-state index in [2.05, 4.69) is 15.6 Å². The van der Waals surface area contributed by atoms with E-state index in [-0.39, 0.29) is 12.5 Å². The van der Waals surface area contributed by atoms with Gasteiger partial charge in [-0.05, 0) is 19.8 Å². The number of hydrogen-bond acceptors (Lipinski definition) is 4. The number of thiazole rings is 1. The van der Waals surface area contributed by atoms with E-state index in [9.17, 15) is 9.59 Å². The molecule has 7 heteroatoms. The standard InChI is InChI=1S/C13H21N3O3S/c1-10-9-20-11(16-10)8-15-13(19)14-7-5-3-2-4-6-12(17)18/h9H,2-8H2,1H3,(H,17,18)(H2,14,15,19). The minimum atomic E-state index is -0.750. The first kappa shape index (κ1) is 16.4. The Morgan fingerprint density at radius 3 is 2.65 bits per heavy atom. The molecule has 0 bridgehead atoms. The summed E-state index contributed by atoms with van der Waals surface area (Å²) in [4.78, 5) is 26.0. The maximum absolute atomic E-state index is 11.5. The lowest BCUT2D eigenvalue weighted by Crippen LogP contribution is -2.35. The Balaban J connectivity index is 1.96. The number of aromatic nitrogens is 1. The maximum atomic E-state index is 11.5. The molecular weight excluding hydrogens is 278 g/mol. The van der Waals surface area contributed by atoms with E-state index < -0.39 is 5.97 Å². The lowest BCUT2D eigenvalue weighted by atomic mass is 10.1. The molecule has 0 atom stereocenters. The molecule has 112 valence electrons.